The minimum absolute atomic E-state index is 0.148. The number of rotatable bonds is 5. The molecule has 6 rings (SSSR count). The molecule has 2 aromatic heterocycles. The van der Waals surface area contributed by atoms with E-state index in [1.165, 1.54) is 24.1 Å². The van der Waals surface area contributed by atoms with Crippen LogP contribution in [0, 0.1) is 5.92 Å². The van der Waals surface area contributed by atoms with Crippen molar-refractivity contribution < 1.29 is 5.11 Å². The molecule has 6 nitrogen and oxygen atoms in total. The van der Waals surface area contributed by atoms with E-state index in [0.717, 1.165) is 54.5 Å². The van der Waals surface area contributed by atoms with Gasteiger partial charge in [-0.25, -0.2) is 4.98 Å². The Morgan fingerprint density at radius 3 is 2.62 bits per heavy atom. The third-order valence-corrected chi connectivity index (χ3v) is 7.07. The van der Waals surface area contributed by atoms with Gasteiger partial charge >= 0.3 is 0 Å². The lowest BCUT2D eigenvalue weighted by atomic mass is 9.77. The molecule has 150 valence electrons. The van der Waals surface area contributed by atoms with Crippen LogP contribution >= 0.6 is 0 Å². The molecule has 0 radical (unpaired) electrons. The first-order valence-corrected chi connectivity index (χ1v) is 10.9. The quantitative estimate of drug-likeness (QED) is 0.697. The molecule has 29 heavy (non-hydrogen) atoms. The van der Waals surface area contributed by atoms with Crippen LogP contribution in [0.5, 0.6) is 0 Å². The van der Waals surface area contributed by atoms with E-state index in [9.17, 15) is 5.11 Å². The largest absolute Gasteiger partial charge is 0.393 e. The van der Waals surface area contributed by atoms with Crippen molar-refractivity contribution in [2.24, 2.45) is 11.7 Å². The minimum atomic E-state index is -0.148. The van der Waals surface area contributed by atoms with Crippen molar-refractivity contribution in [1.82, 2.24) is 19.7 Å². The van der Waals surface area contributed by atoms with Crippen molar-refractivity contribution in [3.63, 3.8) is 0 Å². The number of hydrogen-bond acceptors (Lipinski definition) is 5. The van der Waals surface area contributed by atoms with Crippen molar-refractivity contribution in [3.8, 4) is 11.3 Å². The van der Waals surface area contributed by atoms with Gasteiger partial charge < -0.3 is 10.8 Å². The second-order valence-corrected chi connectivity index (χ2v) is 9.23. The summed E-state index contributed by atoms with van der Waals surface area (Å²) in [5.74, 6) is 1.65. The Balaban J connectivity index is 1.35. The monoisotopic (exact) mass is 389 g/mol. The highest BCUT2D eigenvalue weighted by Gasteiger charge is 2.35. The standard InChI is InChI=1S/C23H27N5O/c24-10-13-5-17(6-13)28-12-19(23(27-28)14-1-2-14)22-11-25-20-4-3-15(9-21(20)26-22)16-7-18(29)8-16/h3-4,9,11-14,16-18,29H,1-2,5-8,10,24H2/t13-,16?,17-,18?. The molecule has 3 aliphatic carbocycles. The molecule has 0 spiro atoms. The van der Waals surface area contributed by atoms with Crippen LogP contribution in [0.4, 0.5) is 0 Å². The van der Waals surface area contributed by atoms with Gasteiger partial charge in [-0.1, -0.05) is 6.07 Å². The summed E-state index contributed by atoms with van der Waals surface area (Å²) in [6.45, 7) is 0.774. The fraction of sp³-hybridized carbons (Fsp3) is 0.522. The summed E-state index contributed by atoms with van der Waals surface area (Å²) in [7, 11) is 0. The Bertz CT molecular complexity index is 1060. The second kappa shape index (κ2) is 6.61. The zero-order chi connectivity index (χ0) is 19.5. The molecule has 1 aromatic carbocycles. The minimum Gasteiger partial charge on any atom is -0.393 e. The third kappa shape index (κ3) is 3.06. The van der Waals surface area contributed by atoms with Crippen LogP contribution < -0.4 is 5.73 Å². The lowest BCUT2D eigenvalue weighted by Crippen LogP contribution is -2.32. The Labute approximate surface area is 170 Å². The molecule has 0 unspecified atom stereocenters. The van der Waals surface area contributed by atoms with Gasteiger partial charge in [0.25, 0.3) is 0 Å². The van der Waals surface area contributed by atoms with Crippen LogP contribution in [0.15, 0.2) is 30.6 Å². The molecule has 0 bridgehead atoms. The summed E-state index contributed by atoms with van der Waals surface area (Å²) in [5, 5.41) is 14.6. The number of aliphatic hydroxyl groups excluding tert-OH is 1. The number of hydrogen-bond donors (Lipinski definition) is 2. The second-order valence-electron chi connectivity index (χ2n) is 9.23. The average molecular weight is 390 g/mol. The predicted octanol–water partition coefficient (Wildman–Crippen LogP) is 3.52. The first-order chi connectivity index (χ1) is 14.2. The highest BCUT2D eigenvalue weighted by Crippen LogP contribution is 2.45. The van der Waals surface area contributed by atoms with Crippen molar-refractivity contribution in [2.45, 2.75) is 62.5 Å². The van der Waals surface area contributed by atoms with Crippen LogP contribution in [0.25, 0.3) is 22.3 Å². The zero-order valence-electron chi connectivity index (χ0n) is 16.5. The van der Waals surface area contributed by atoms with Gasteiger partial charge in [0.2, 0.25) is 0 Å². The van der Waals surface area contributed by atoms with E-state index in [2.05, 4.69) is 34.1 Å². The number of nitrogens with zero attached hydrogens (tertiary/aromatic N) is 4. The Kier molecular flexibility index (Phi) is 4.00. The van der Waals surface area contributed by atoms with Crippen molar-refractivity contribution in [2.75, 3.05) is 6.54 Å². The van der Waals surface area contributed by atoms with E-state index in [-0.39, 0.29) is 6.10 Å². The molecule has 6 heteroatoms. The van der Waals surface area contributed by atoms with E-state index in [1.807, 2.05) is 6.20 Å². The number of aliphatic hydroxyl groups is 1. The van der Waals surface area contributed by atoms with E-state index in [4.69, 9.17) is 15.8 Å². The van der Waals surface area contributed by atoms with Gasteiger partial charge in [-0.15, -0.1) is 0 Å². The fourth-order valence-corrected chi connectivity index (χ4v) is 4.83. The van der Waals surface area contributed by atoms with Crippen LogP contribution in [-0.4, -0.2) is 37.5 Å². The van der Waals surface area contributed by atoms with Gasteiger partial charge in [0, 0.05) is 17.7 Å². The summed E-state index contributed by atoms with van der Waals surface area (Å²) >= 11 is 0. The van der Waals surface area contributed by atoms with Crippen LogP contribution in [0.1, 0.15) is 67.7 Å². The molecule has 0 amide bonds. The highest BCUT2D eigenvalue weighted by atomic mass is 16.3. The number of nitrogens with two attached hydrogens (primary N) is 1. The molecule has 3 saturated carbocycles. The Morgan fingerprint density at radius 1 is 1.07 bits per heavy atom. The van der Waals surface area contributed by atoms with E-state index >= 15 is 0 Å². The maximum atomic E-state index is 9.63. The molecule has 3 aromatic rings. The van der Waals surface area contributed by atoms with Gasteiger partial charge in [0.1, 0.15) is 0 Å². The van der Waals surface area contributed by atoms with Crippen LogP contribution in [-0.2, 0) is 0 Å². The maximum Gasteiger partial charge on any atom is 0.0927 e. The van der Waals surface area contributed by atoms with Gasteiger partial charge in [-0.2, -0.15) is 5.10 Å². The predicted molar refractivity (Wildman–Crippen MR) is 112 cm³/mol. The molecule has 0 atom stereocenters. The summed E-state index contributed by atoms with van der Waals surface area (Å²) in [6, 6.07) is 6.81. The molecule has 0 aliphatic heterocycles. The third-order valence-electron chi connectivity index (χ3n) is 7.07. The molecule has 3 N–H and O–H groups in total. The smallest absolute Gasteiger partial charge is 0.0927 e. The average Bonchev–Trinajstić information content (AvgIpc) is 3.43. The van der Waals surface area contributed by atoms with E-state index in [1.54, 1.807) is 0 Å². The zero-order valence-corrected chi connectivity index (χ0v) is 16.5. The molecular weight excluding hydrogens is 362 g/mol. The first kappa shape index (κ1) is 17.5. The normalized spacial score (nSPS) is 28.9. The fourth-order valence-electron chi connectivity index (χ4n) is 4.83. The summed E-state index contributed by atoms with van der Waals surface area (Å²) in [5.41, 5.74) is 12.2. The molecule has 3 fully saturated rings. The van der Waals surface area contributed by atoms with Gasteiger partial charge in [-0.05, 0) is 74.6 Å². The molecule has 3 aliphatic rings. The van der Waals surface area contributed by atoms with Crippen molar-refractivity contribution >= 4 is 11.0 Å². The summed E-state index contributed by atoms with van der Waals surface area (Å²) in [6.07, 6.45) is 10.3. The van der Waals surface area contributed by atoms with E-state index in [0.29, 0.717) is 23.8 Å². The number of fused-ring (bicyclic) bond motifs is 1. The van der Waals surface area contributed by atoms with Crippen molar-refractivity contribution in [3.05, 3.63) is 41.9 Å². The topological polar surface area (TPSA) is 89.9 Å². The van der Waals surface area contributed by atoms with Gasteiger partial charge in [-0.3, -0.25) is 9.67 Å². The lowest BCUT2D eigenvalue weighted by molar-refractivity contribution is 0.0747. The van der Waals surface area contributed by atoms with Gasteiger partial charge in [0.05, 0.1) is 40.8 Å². The first-order valence-electron chi connectivity index (χ1n) is 10.9. The summed E-state index contributed by atoms with van der Waals surface area (Å²) < 4.78 is 2.16. The van der Waals surface area contributed by atoms with E-state index < -0.39 is 0 Å². The van der Waals surface area contributed by atoms with Crippen LogP contribution in [0.2, 0.25) is 0 Å². The molecular formula is C23H27N5O. The number of aromatic nitrogens is 4. The highest BCUT2D eigenvalue weighted by molar-refractivity contribution is 5.78. The number of benzene rings is 1. The lowest BCUT2D eigenvalue weighted by Gasteiger charge is -2.34. The maximum absolute atomic E-state index is 9.63. The van der Waals surface area contributed by atoms with Crippen LogP contribution in [0.3, 0.4) is 0 Å². The molecule has 2 heterocycles. The Morgan fingerprint density at radius 2 is 1.90 bits per heavy atom. The summed E-state index contributed by atoms with van der Waals surface area (Å²) in [4.78, 5) is 9.67. The van der Waals surface area contributed by atoms with Gasteiger partial charge in [0.15, 0.2) is 0 Å². The molecule has 0 saturated heterocycles. The van der Waals surface area contributed by atoms with Crippen molar-refractivity contribution in [1.29, 1.82) is 0 Å². The SMILES string of the molecule is NC[C@H]1C[C@H](n2cc(-c3cnc4ccc(C5CC(O)C5)cc4n3)c(C3CC3)n2)C1. The Hall–Kier alpha value is -2.31.